The molecule has 4 rings (SSSR count). The summed E-state index contributed by atoms with van der Waals surface area (Å²) in [5, 5.41) is 3.35. The predicted molar refractivity (Wildman–Crippen MR) is 89.1 cm³/mol. The van der Waals surface area contributed by atoms with Crippen molar-refractivity contribution in [2.45, 2.75) is 0 Å². The summed E-state index contributed by atoms with van der Waals surface area (Å²) in [5.74, 6) is 0.899. The first kappa shape index (κ1) is 12.4. The van der Waals surface area contributed by atoms with Crippen molar-refractivity contribution in [1.29, 1.82) is 0 Å². The van der Waals surface area contributed by atoms with Gasteiger partial charge in [0.2, 0.25) is 0 Å². The second-order valence-corrected chi connectivity index (χ2v) is 5.88. The molecular formula is C18H13NOS. The Morgan fingerprint density at radius 2 is 1.62 bits per heavy atom. The highest BCUT2D eigenvalue weighted by Crippen LogP contribution is 2.37. The fourth-order valence-electron chi connectivity index (χ4n) is 2.62. The lowest BCUT2D eigenvalue weighted by molar-refractivity contribution is 0.420. The van der Waals surface area contributed by atoms with Crippen LogP contribution in [0.15, 0.2) is 60.7 Å². The average molecular weight is 291 g/mol. The van der Waals surface area contributed by atoms with E-state index in [4.69, 9.17) is 9.72 Å². The fourth-order valence-corrected chi connectivity index (χ4v) is 3.63. The molecule has 0 N–H and O–H groups in total. The number of thiazole rings is 1. The minimum Gasteiger partial charge on any atom is -0.496 e. The van der Waals surface area contributed by atoms with Crippen LogP contribution >= 0.6 is 11.3 Å². The molecule has 0 aliphatic carbocycles. The average Bonchev–Trinajstić information content (AvgIpc) is 2.97. The van der Waals surface area contributed by atoms with Gasteiger partial charge in [-0.05, 0) is 29.7 Å². The standard InChI is InChI=1S/C18H13NOS/c1-20-16-11-10-14(12-6-2-3-7-13(12)16)18-19-15-8-4-5-9-17(15)21-18/h2-11H,1H3. The smallest absolute Gasteiger partial charge is 0.126 e. The van der Waals surface area contributed by atoms with Gasteiger partial charge in [0.25, 0.3) is 0 Å². The minimum atomic E-state index is 0.899. The number of hydrogen-bond donors (Lipinski definition) is 0. The van der Waals surface area contributed by atoms with Crippen LogP contribution in [0.1, 0.15) is 0 Å². The third-order valence-electron chi connectivity index (χ3n) is 3.63. The molecule has 0 saturated carbocycles. The van der Waals surface area contributed by atoms with E-state index in [0.29, 0.717) is 0 Å². The fraction of sp³-hybridized carbons (Fsp3) is 0.0556. The van der Waals surface area contributed by atoms with Gasteiger partial charge in [0.05, 0.1) is 17.3 Å². The molecule has 0 aliphatic heterocycles. The van der Waals surface area contributed by atoms with Crippen LogP contribution in [0, 0.1) is 0 Å². The summed E-state index contributed by atoms with van der Waals surface area (Å²) in [6.45, 7) is 0. The molecule has 0 fully saturated rings. The van der Waals surface area contributed by atoms with Gasteiger partial charge in [-0.2, -0.15) is 0 Å². The Labute approximate surface area is 126 Å². The molecule has 1 aromatic heterocycles. The summed E-state index contributed by atoms with van der Waals surface area (Å²) in [4.78, 5) is 4.77. The molecule has 4 aromatic rings. The number of para-hydroxylation sites is 1. The first-order chi connectivity index (χ1) is 10.4. The van der Waals surface area contributed by atoms with E-state index < -0.39 is 0 Å². The lowest BCUT2D eigenvalue weighted by Crippen LogP contribution is -1.87. The van der Waals surface area contributed by atoms with Crippen molar-refractivity contribution in [2.75, 3.05) is 7.11 Å². The number of nitrogens with zero attached hydrogens (tertiary/aromatic N) is 1. The molecular weight excluding hydrogens is 278 g/mol. The van der Waals surface area contributed by atoms with Crippen LogP contribution in [0.25, 0.3) is 31.6 Å². The lowest BCUT2D eigenvalue weighted by atomic mass is 10.0. The molecule has 0 saturated heterocycles. The Kier molecular flexibility index (Phi) is 2.86. The van der Waals surface area contributed by atoms with Crippen LogP contribution in [0.2, 0.25) is 0 Å². The first-order valence-electron chi connectivity index (χ1n) is 6.78. The van der Waals surface area contributed by atoms with Gasteiger partial charge in [0.1, 0.15) is 10.8 Å². The zero-order valence-corrected chi connectivity index (χ0v) is 12.4. The molecule has 0 radical (unpaired) electrons. The van der Waals surface area contributed by atoms with E-state index in [2.05, 4.69) is 42.5 Å². The molecule has 21 heavy (non-hydrogen) atoms. The maximum Gasteiger partial charge on any atom is 0.126 e. The van der Waals surface area contributed by atoms with Crippen LogP contribution in [0.4, 0.5) is 0 Å². The van der Waals surface area contributed by atoms with Crippen molar-refractivity contribution in [1.82, 2.24) is 4.98 Å². The van der Waals surface area contributed by atoms with Crippen molar-refractivity contribution in [3.05, 3.63) is 60.7 Å². The molecule has 0 atom stereocenters. The van der Waals surface area contributed by atoms with Gasteiger partial charge in [-0.3, -0.25) is 0 Å². The Bertz CT molecular complexity index is 909. The summed E-state index contributed by atoms with van der Waals surface area (Å²) < 4.78 is 6.68. The van der Waals surface area contributed by atoms with E-state index in [1.54, 1.807) is 18.4 Å². The summed E-state index contributed by atoms with van der Waals surface area (Å²) >= 11 is 1.73. The number of methoxy groups -OCH3 is 1. The SMILES string of the molecule is COc1ccc(-c2nc3ccccc3s2)c2ccccc12. The Hall–Kier alpha value is -2.39. The van der Waals surface area contributed by atoms with E-state index in [1.165, 1.54) is 10.1 Å². The van der Waals surface area contributed by atoms with Gasteiger partial charge in [-0.1, -0.05) is 36.4 Å². The van der Waals surface area contributed by atoms with E-state index in [9.17, 15) is 0 Å². The molecule has 2 nitrogen and oxygen atoms in total. The van der Waals surface area contributed by atoms with Crippen LogP contribution in [-0.2, 0) is 0 Å². The third-order valence-corrected chi connectivity index (χ3v) is 4.70. The highest BCUT2D eigenvalue weighted by atomic mass is 32.1. The number of fused-ring (bicyclic) bond motifs is 2. The molecule has 1 heterocycles. The quantitative estimate of drug-likeness (QED) is 0.511. The second-order valence-electron chi connectivity index (χ2n) is 4.85. The molecule has 0 spiro atoms. The van der Waals surface area contributed by atoms with Gasteiger partial charge < -0.3 is 4.74 Å². The Balaban J connectivity index is 2.02. The monoisotopic (exact) mass is 291 g/mol. The molecule has 0 bridgehead atoms. The molecule has 3 aromatic carbocycles. The van der Waals surface area contributed by atoms with Crippen molar-refractivity contribution in [3.63, 3.8) is 0 Å². The van der Waals surface area contributed by atoms with E-state index >= 15 is 0 Å². The molecule has 102 valence electrons. The van der Waals surface area contributed by atoms with Crippen LogP contribution in [-0.4, -0.2) is 12.1 Å². The summed E-state index contributed by atoms with van der Waals surface area (Å²) in [7, 11) is 1.71. The lowest BCUT2D eigenvalue weighted by Gasteiger charge is -2.08. The highest BCUT2D eigenvalue weighted by Gasteiger charge is 2.11. The number of rotatable bonds is 2. The molecule has 0 aliphatic rings. The topological polar surface area (TPSA) is 22.1 Å². The number of aromatic nitrogens is 1. The van der Waals surface area contributed by atoms with Crippen LogP contribution in [0.5, 0.6) is 5.75 Å². The van der Waals surface area contributed by atoms with Crippen molar-refractivity contribution >= 4 is 32.3 Å². The van der Waals surface area contributed by atoms with Gasteiger partial charge in [-0.25, -0.2) is 4.98 Å². The maximum atomic E-state index is 5.46. The predicted octanol–water partition coefficient (Wildman–Crippen LogP) is 5.13. The van der Waals surface area contributed by atoms with Crippen molar-refractivity contribution < 1.29 is 4.74 Å². The zero-order valence-electron chi connectivity index (χ0n) is 11.5. The summed E-state index contributed by atoms with van der Waals surface area (Å²) in [5.41, 5.74) is 2.21. The second kappa shape index (κ2) is 4.86. The molecule has 0 amide bonds. The molecule has 3 heteroatoms. The Morgan fingerprint density at radius 3 is 2.43 bits per heavy atom. The largest absolute Gasteiger partial charge is 0.496 e. The third kappa shape index (κ3) is 1.98. The van der Waals surface area contributed by atoms with Gasteiger partial charge in [0, 0.05) is 10.9 Å². The minimum absolute atomic E-state index is 0.899. The van der Waals surface area contributed by atoms with Gasteiger partial charge in [0.15, 0.2) is 0 Å². The van der Waals surface area contributed by atoms with E-state index in [0.717, 1.165) is 27.2 Å². The summed E-state index contributed by atoms with van der Waals surface area (Å²) in [6, 6.07) is 20.7. The number of hydrogen-bond acceptors (Lipinski definition) is 3. The van der Waals surface area contributed by atoms with E-state index in [-0.39, 0.29) is 0 Å². The van der Waals surface area contributed by atoms with Crippen LogP contribution in [0.3, 0.4) is 0 Å². The highest BCUT2D eigenvalue weighted by molar-refractivity contribution is 7.21. The first-order valence-corrected chi connectivity index (χ1v) is 7.60. The van der Waals surface area contributed by atoms with Gasteiger partial charge in [-0.15, -0.1) is 11.3 Å². The van der Waals surface area contributed by atoms with Crippen molar-refractivity contribution in [3.8, 4) is 16.3 Å². The van der Waals surface area contributed by atoms with Crippen LogP contribution < -0.4 is 4.74 Å². The van der Waals surface area contributed by atoms with Gasteiger partial charge >= 0.3 is 0 Å². The van der Waals surface area contributed by atoms with Crippen molar-refractivity contribution in [2.24, 2.45) is 0 Å². The number of benzene rings is 3. The Morgan fingerprint density at radius 1 is 0.857 bits per heavy atom. The van der Waals surface area contributed by atoms with E-state index in [1.807, 2.05) is 18.2 Å². The molecule has 0 unspecified atom stereocenters. The zero-order chi connectivity index (χ0) is 14.2. The normalized spacial score (nSPS) is 11.1. The summed E-state index contributed by atoms with van der Waals surface area (Å²) in [6.07, 6.45) is 0. The maximum absolute atomic E-state index is 5.46. The number of ether oxygens (including phenoxy) is 1.